The van der Waals surface area contributed by atoms with E-state index in [0.717, 1.165) is 23.4 Å². The normalized spacial score (nSPS) is 16.7. The molecular weight excluding hydrogens is 272 g/mol. The maximum atomic E-state index is 11.7. The number of nitrogens with zero attached hydrogens (tertiary/aromatic N) is 1. The van der Waals surface area contributed by atoms with Gasteiger partial charge in [0.1, 0.15) is 6.07 Å². The van der Waals surface area contributed by atoms with Gasteiger partial charge in [0.25, 0.3) is 0 Å². The van der Waals surface area contributed by atoms with Crippen molar-refractivity contribution in [3.8, 4) is 6.07 Å². The average molecular weight is 290 g/mol. The minimum absolute atomic E-state index is 0. The number of ketones is 1. The average Bonchev–Trinajstić information content (AvgIpc) is 2.29. The van der Waals surface area contributed by atoms with Crippen molar-refractivity contribution in [1.29, 1.82) is 5.26 Å². The van der Waals surface area contributed by atoms with E-state index in [1.165, 1.54) is 0 Å². The molecule has 2 rings (SSSR count). The molecular formula is C16H18ClN2O-. The molecule has 20 heavy (non-hydrogen) atoms. The zero-order valence-corrected chi connectivity index (χ0v) is 12.7. The molecule has 0 unspecified atom stereocenters. The maximum Gasteiger partial charge on any atom is 0.157 e. The van der Waals surface area contributed by atoms with Gasteiger partial charge in [0.2, 0.25) is 0 Å². The molecule has 0 spiro atoms. The standard InChI is InChI=1S/C16H18N2O.ClH/c1-11-5-4-6-12(10-17)15(11)18-13-7-14(19)9-16(2,3)8-13;/h4-7,18H,8-9H2,1-3H3;1H/p-1. The summed E-state index contributed by atoms with van der Waals surface area (Å²) in [5.74, 6) is 0.144. The number of rotatable bonds is 2. The number of hydrogen-bond donors (Lipinski definition) is 1. The van der Waals surface area contributed by atoms with Crippen LogP contribution in [0.25, 0.3) is 0 Å². The number of para-hydroxylation sites is 1. The Morgan fingerprint density at radius 2 is 2.00 bits per heavy atom. The second kappa shape index (κ2) is 6.11. The molecule has 0 radical (unpaired) electrons. The van der Waals surface area contributed by atoms with Crippen LogP contribution in [0.5, 0.6) is 0 Å². The van der Waals surface area contributed by atoms with Gasteiger partial charge in [0.05, 0.1) is 11.3 Å². The van der Waals surface area contributed by atoms with Gasteiger partial charge < -0.3 is 17.7 Å². The number of allylic oxidation sites excluding steroid dienone is 2. The first-order valence-corrected chi connectivity index (χ1v) is 6.41. The number of anilines is 1. The molecule has 1 aromatic rings. The van der Waals surface area contributed by atoms with E-state index in [1.807, 2.05) is 19.1 Å². The number of nitrogens with one attached hydrogen (secondary N) is 1. The van der Waals surface area contributed by atoms with Crippen molar-refractivity contribution in [2.24, 2.45) is 5.41 Å². The number of halogens is 1. The third-order valence-corrected chi connectivity index (χ3v) is 3.34. The van der Waals surface area contributed by atoms with E-state index in [4.69, 9.17) is 5.26 Å². The summed E-state index contributed by atoms with van der Waals surface area (Å²) in [6.07, 6.45) is 3.06. The molecule has 106 valence electrons. The molecule has 0 saturated heterocycles. The molecule has 0 aromatic heterocycles. The highest BCUT2D eigenvalue weighted by molar-refractivity contribution is 5.92. The van der Waals surface area contributed by atoms with Crippen molar-refractivity contribution in [3.63, 3.8) is 0 Å². The highest BCUT2D eigenvalue weighted by atomic mass is 35.5. The first-order valence-electron chi connectivity index (χ1n) is 6.41. The summed E-state index contributed by atoms with van der Waals surface area (Å²) in [7, 11) is 0. The molecule has 4 heteroatoms. The van der Waals surface area contributed by atoms with Crippen molar-refractivity contribution >= 4 is 11.5 Å². The van der Waals surface area contributed by atoms with Crippen LogP contribution in [-0.4, -0.2) is 5.78 Å². The molecule has 0 atom stereocenters. The summed E-state index contributed by atoms with van der Waals surface area (Å²) >= 11 is 0. The first kappa shape index (κ1) is 16.3. The predicted octanol–water partition coefficient (Wildman–Crippen LogP) is 0.556. The van der Waals surface area contributed by atoms with E-state index >= 15 is 0 Å². The lowest BCUT2D eigenvalue weighted by molar-refractivity contribution is -0.117. The highest BCUT2D eigenvalue weighted by Gasteiger charge is 2.27. The summed E-state index contributed by atoms with van der Waals surface area (Å²) in [6.45, 7) is 6.13. The second-order valence-corrected chi connectivity index (χ2v) is 5.89. The van der Waals surface area contributed by atoms with Crippen LogP contribution in [0, 0.1) is 23.7 Å². The molecule has 0 bridgehead atoms. The van der Waals surface area contributed by atoms with Crippen molar-refractivity contribution < 1.29 is 17.2 Å². The van der Waals surface area contributed by atoms with E-state index < -0.39 is 0 Å². The van der Waals surface area contributed by atoms with Crippen LogP contribution in [0.15, 0.2) is 30.0 Å². The first-order chi connectivity index (χ1) is 8.91. The molecule has 0 fully saturated rings. The molecule has 0 heterocycles. The van der Waals surface area contributed by atoms with E-state index in [0.29, 0.717) is 12.0 Å². The molecule has 0 aliphatic heterocycles. The fourth-order valence-electron chi connectivity index (χ4n) is 2.51. The predicted molar refractivity (Wildman–Crippen MR) is 75.6 cm³/mol. The third kappa shape index (κ3) is 3.61. The lowest BCUT2D eigenvalue weighted by atomic mass is 9.79. The number of carbonyl (C=O) groups excluding carboxylic acids is 1. The van der Waals surface area contributed by atoms with E-state index in [9.17, 15) is 4.79 Å². The zero-order chi connectivity index (χ0) is 14.0. The van der Waals surface area contributed by atoms with Gasteiger partial charge in [-0.25, -0.2) is 0 Å². The number of carbonyl (C=O) groups is 1. The largest absolute Gasteiger partial charge is 1.00 e. The van der Waals surface area contributed by atoms with Crippen molar-refractivity contribution in [2.75, 3.05) is 5.32 Å². The fraction of sp³-hybridized carbons (Fsp3) is 0.375. The van der Waals surface area contributed by atoms with Crippen molar-refractivity contribution in [2.45, 2.75) is 33.6 Å². The van der Waals surface area contributed by atoms with Crippen LogP contribution in [0.3, 0.4) is 0 Å². The maximum absolute atomic E-state index is 11.7. The second-order valence-electron chi connectivity index (χ2n) is 5.89. The van der Waals surface area contributed by atoms with Gasteiger partial charge in [-0.1, -0.05) is 26.0 Å². The Labute approximate surface area is 126 Å². The summed E-state index contributed by atoms with van der Waals surface area (Å²) in [4.78, 5) is 11.7. The lowest BCUT2D eigenvalue weighted by Crippen LogP contribution is -3.00. The van der Waals surface area contributed by atoms with Crippen LogP contribution in [0.2, 0.25) is 0 Å². The van der Waals surface area contributed by atoms with Gasteiger partial charge in [-0.3, -0.25) is 4.79 Å². The van der Waals surface area contributed by atoms with Gasteiger partial charge in [-0.15, -0.1) is 0 Å². The Hall–Kier alpha value is -1.79. The summed E-state index contributed by atoms with van der Waals surface area (Å²) < 4.78 is 0. The Bertz CT molecular complexity index is 597. The highest BCUT2D eigenvalue weighted by Crippen LogP contribution is 2.34. The molecule has 1 aromatic carbocycles. The Morgan fingerprint density at radius 3 is 2.60 bits per heavy atom. The van der Waals surface area contributed by atoms with Crippen molar-refractivity contribution in [1.82, 2.24) is 0 Å². The molecule has 1 aliphatic rings. The minimum Gasteiger partial charge on any atom is -1.00 e. The van der Waals surface area contributed by atoms with Crippen LogP contribution >= 0.6 is 0 Å². The lowest BCUT2D eigenvalue weighted by Gasteiger charge is -2.29. The fourth-order valence-corrected chi connectivity index (χ4v) is 2.51. The molecule has 0 saturated carbocycles. The Morgan fingerprint density at radius 1 is 1.30 bits per heavy atom. The monoisotopic (exact) mass is 289 g/mol. The van der Waals surface area contributed by atoms with Gasteiger partial charge in [-0.2, -0.15) is 5.26 Å². The van der Waals surface area contributed by atoms with Crippen LogP contribution < -0.4 is 17.7 Å². The topological polar surface area (TPSA) is 52.9 Å². The molecule has 1 aliphatic carbocycles. The van der Waals surface area contributed by atoms with Crippen LogP contribution in [0.1, 0.15) is 37.8 Å². The third-order valence-electron chi connectivity index (χ3n) is 3.34. The number of aryl methyl sites for hydroxylation is 1. The van der Waals surface area contributed by atoms with E-state index in [2.05, 4.69) is 25.2 Å². The van der Waals surface area contributed by atoms with E-state index in [-0.39, 0.29) is 23.6 Å². The number of benzene rings is 1. The number of hydrogen-bond acceptors (Lipinski definition) is 3. The summed E-state index contributed by atoms with van der Waals surface area (Å²) in [5, 5.41) is 12.4. The molecule has 3 nitrogen and oxygen atoms in total. The minimum atomic E-state index is -0.0241. The van der Waals surface area contributed by atoms with Gasteiger partial charge in [-0.05, 0) is 30.4 Å². The van der Waals surface area contributed by atoms with Gasteiger partial charge >= 0.3 is 0 Å². The summed E-state index contributed by atoms with van der Waals surface area (Å²) in [5.41, 5.74) is 3.30. The molecule has 0 amide bonds. The van der Waals surface area contributed by atoms with Gasteiger partial charge in [0, 0.05) is 18.2 Å². The smallest absolute Gasteiger partial charge is 0.157 e. The Balaban J connectivity index is 0.00000200. The van der Waals surface area contributed by atoms with E-state index in [1.54, 1.807) is 12.1 Å². The zero-order valence-electron chi connectivity index (χ0n) is 12.0. The van der Waals surface area contributed by atoms with Crippen molar-refractivity contribution in [3.05, 3.63) is 41.1 Å². The SMILES string of the molecule is Cc1cccc(C#N)c1NC1=CC(=O)CC(C)(C)C1.[Cl-]. The van der Waals surface area contributed by atoms with Crippen LogP contribution in [-0.2, 0) is 4.79 Å². The van der Waals surface area contributed by atoms with Crippen LogP contribution in [0.4, 0.5) is 5.69 Å². The molecule has 1 N–H and O–H groups in total. The Kier molecular flexibility index (Phi) is 4.97. The van der Waals surface area contributed by atoms with Gasteiger partial charge in [0.15, 0.2) is 5.78 Å². The summed E-state index contributed by atoms with van der Waals surface area (Å²) in [6, 6.07) is 7.79. The number of nitriles is 1. The quantitative estimate of drug-likeness (QED) is 0.865.